The second-order valence-corrected chi connectivity index (χ2v) is 8.55. The summed E-state index contributed by atoms with van der Waals surface area (Å²) in [4.78, 5) is 12.5. The van der Waals surface area contributed by atoms with Crippen LogP contribution in [0.5, 0.6) is 5.75 Å². The number of allylic oxidation sites excluding steroid dienone is 2. The Balaban J connectivity index is 1.50. The molecule has 1 aliphatic carbocycles. The van der Waals surface area contributed by atoms with Crippen LogP contribution in [0.25, 0.3) is 5.57 Å². The van der Waals surface area contributed by atoms with Crippen molar-refractivity contribution in [1.29, 1.82) is 0 Å². The van der Waals surface area contributed by atoms with Gasteiger partial charge in [-0.25, -0.2) is 4.79 Å². The minimum atomic E-state index is -0.294. The van der Waals surface area contributed by atoms with Crippen LogP contribution in [-0.4, -0.2) is 5.97 Å². The molecule has 3 rings (SSSR count). The van der Waals surface area contributed by atoms with Crippen LogP contribution in [-0.2, 0) is 6.42 Å². The maximum Gasteiger partial charge on any atom is 0.343 e. The highest BCUT2D eigenvalue weighted by molar-refractivity contribution is 5.91. The topological polar surface area (TPSA) is 26.3 Å². The van der Waals surface area contributed by atoms with Crippen LogP contribution in [0.1, 0.15) is 93.1 Å². The van der Waals surface area contributed by atoms with Gasteiger partial charge in [0, 0.05) is 0 Å². The van der Waals surface area contributed by atoms with Gasteiger partial charge in [-0.1, -0.05) is 76.3 Å². The lowest BCUT2D eigenvalue weighted by Crippen LogP contribution is -2.09. The third-order valence-electron chi connectivity index (χ3n) is 6.29. The van der Waals surface area contributed by atoms with Crippen LogP contribution in [0.3, 0.4) is 0 Å². The molecule has 0 aromatic heterocycles. The highest BCUT2D eigenvalue weighted by atomic mass is 16.5. The molecule has 2 heteroatoms. The standard InChI is InChI=1S/C28H36O2/c1-3-5-6-7-8-9-23-12-20-27(21-13-23)30-28(29)26-18-16-25(17-19-26)24-14-10-22(4-2)11-15-24/h12-14,16-22H,3-11,15H2,1-2H3. The summed E-state index contributed by atoms with van der Waals surface area (Å²) in [6.07, 6.45) is 14.7. The Morgan fingerprint density at radius 3 is 2.30 bits per heavy atom. The Labute approximate surface area is 182 Å². The Kier molecular flexibility index (Phi) is 8.74. The molecular weight excluding hydrogens is 368 g/mol. The summed E-state index contributed by atoms with van der Waals surface area (Å²) in [7, 11) is 0. The first-order valence-corrected chi connectivity index (χ1v) is 11.8. The lowest BCUT2D eigenvalue weighted by Gasteiger charge is -2.20. The number of carbonyl (C=O) groups excluding carboxylic acids is 1. The summed E-state index contributed by atoms with van der Waals surface area (Å²) in [5, 5.41) is 0. The Morgan fingerprint density at radius 2 is 1.67 bits per heavy atom. The molecule has 2 aromatic carbocycles. The van der Waals surface area contributed by atoms with E-state index in [4.69, 9.17) is 4.74 Å². The lowest BCUT2D eigenvalue weighted by molar-refractivity contribution is 0.0734. The summed E-state index contributed by atoms with van der Waals surface area (Å²) in [5.74, 6) is 1.15. The molecule has 0 radical (unpaired) electrons. The van der Waals surface area contributed by atoms with Gasteiger partial charge in [-0.05, 0) is 79.0 Å². The van der Waals surface area contributed by atoms with Crippen molar-refractivity contribution in [2.45, 2.75) is 78.1 Å². The second-order valence-electron chi connectivity index (χ2n) is 8.55. The van der Waals surface area contributed by atoms with E-state index in [-0.39, 0.29) is 5.97 Å². The molecule has 160 valence electrons. The second kappa shape index (κ2) is 11.7. The van der Waals surface area contributed by atoms with E-state index in [0.29, 0.717) is 11.3 Å². The van der Waals surface area contributed by atoms with Crippen molar-refractivity contribution >= 4 is 11.5 Å². The Hall–Kier alpha value is -2.35. The Morgan fingerprint density at radius 1 is 0.933 bits per heavy atom. The van der Waals surface area contributed by atoms with Crippen LogP contribution in [0, 0.1) is 5.92 Å². The zero-order valence-corrected chi connectivity index (χ0v) is 18.7. The van der Waals surface area contributed by atoms with Crippen LogP contribution in [0.4, 0.5) is 0 Å². The molecular formula is C28H36O2. The van der Waals surface area contributed by atoms with Gasteiger partial charge >= 0.3 is 5.97 Å². The number of benzene rings is 2. The maximum atomic E-state index is 12.5. The Bertz CT molecular complexity index is 815. The van der Waals surface area contributed by atoms with E-state index >= 15 is 0 Å². The highest BCUT2D eigenvalue weighted by Crippen LogP contribution is 2.31. The number of hydrogen-bond donors (Lipinski definition) is 0. The summed E-state index contributed by atoms with van der Waals surface area (Å²) < 4.78 is 5.57. The van der Waals surface area contributed by atoms with Crippen LogP contribution < -0.4 is 4.74 Å². The summed E-state index contributed by atoms with van der Waals surface area (Å²) in [5.41, 5.74) is 4.54. The molecule has 0 aliphatic heterocycles. The average Bonchev–Trinajstić information content (AvgIpc) is 2.80. The molecule has 0 amide bonds. The SMILES string of the molecule is CCCCCCCc1ccc(OC(=O)c2ccc(C3=CCC(CC)CC3)cc2)cc1. The smallest absolute Gasteiger partial charge is 0.343 e. The molecule has 1 aliphatic rings. The zero-order chi connectivity index (χ0) is 21.2. The minimum absolute atomic E-state index is 0.294. The van der Waals surface area contributed by atoms with Gasteiger partial charge in [-0.3, -0.25) is 0 Å². The molecule has 0 saturated carbocycles. The number of esters is 1. The van der Waals surface area contributed by atoms with Crippen molar-refractivity contribution in [2.75, 3.05) is 0 Å². The molecule has 1 unspecified atom stereocenters. The molecule has 30 heavy (non-hydrogen) atoms. The van der Waals surface area contributed by atoms with Crippen molar-refractivity contribution in [3.05, 3.63) is 71.3 Å². The van der Waals surface area contributed by atoms with E-state index in [2.05, 4.69) is 44.2 Å². The summed E-state index contributed by atoms with van der Waals surface area (Å²) >= 11 is 0. The molecule has 2 aromatic rings. The average molecular weight is 405 g/mol. The quantitative estimate of drug-likeness (QED) is 0.228. The fraction of sp³-hybridized carbons (Fsp3) is 0.464. The predicted molar refractivity (Wildman–Crippen MR) is 126 cm³/mol. The van der Waals surface area contributed by atoms with E-state index in [0.717, 1.165) is 18.8 Å². The van der Waals surface area contributed by atoms with E-state index in [9.17, 15) is 4.79 Å². The third-order valence-corrected chi connectivity index (χ3v) is 6.29. The third kappa shape index (κ3) is 6.58. The van der Waals surface area contributed by atoms with Crippen molar-refractivity contribution in [1.82, 2.24) is 0 Å². The van der Waals surface area contributed by atoms with Crippen LogP contribution in [0.2, 0.25) is 0 Å². The van der Waals surface area contributed by atoms with Gasteiger partial charge in [0.2, 0.25) is 0 Å². The molecule has 2 nitrogen and oxygen atoms in total. The van der Waals surface area contributed by atoms with E-state index in [1.54, 1.807) is 0 Å². The fourth-order valence-corrected chi connectivity index (χ4v) is 4.16. The first-order chi connectivity index (χ1) is 14.7. The van der Waals surface area contributed by atoms with Crippen LogP contribution in [0.15, 0.2) is 54.6 Å². The van der Waals surface area contributed by atoms with E-state index < -0.39 is 0 Å². The summed E-state index contributed by atoms with van der Waals surface area (Å²) in [6.45, 7) is 4.51. The van der Waals surface area contributed by atoms with Gasteiger partial charge in [0.05, 0.1) is 5.56 Å². The number of rotatable bonds is 10. The highest BCUT2D eigenvalue weighted by Gasteiger charge is 2.15. The molecule has 0 spiro atoms. The zero-order valence-electron chi connectivity index (χ0n) is 18.7. The fourth-order valence-electron chi connectivity index (χ4n) is 4.16. The number of unbranched alkanes of at least 4 members (excludes halogenated alkanes) is 4. The van der Waals surface area contributed by atoms with Crippen molar-refractivity contribution in [3.63, 3.8) is 0 Å². The van der Waals surface area contributed by atoms with Crippen molar-refractivity contribution in [3.8, 4) is 5.75 Å². The minimum Gasteiger partial charge on any atom is -0.423 e. The lowest BCUT2D eigenvalue weighted by atomic mass is 9.85. The molecule has 0 heterocycles. The number of ether oxygens (including phenoxy) is 1. The van der Waals surface area contributed by atoms with Crippen LogP contribution >= 0.6 is 0 Å². The van der Waals surface area contributed by atoms with Crippen molar-refractivity contribution in [2.24, 2.45) is 5.92 Å². The van der Waals surface area contributed by atoms with Gasteiger partial charge < -0.3 is 4.74 Å². The first kappa shape index (κ1) is 22.3. The molecule has 0 fully saturated rings. The normalized spacial score (nSPS) is 16.2. The number of hydrogen-bond acceptors (Lipinski definition) is 2. The number of carbonyl (C=O) groups is 1. The molecule has 1 atom stereocenters. The number of aryl methyl sites for hydroxylation is 1. The summed E-state index contributed by atoms with van der Waals surface area (Å²) in [6, 6.07) is 15.8. The van der Waals surface area contributed by atoms with Crippen molar-refractivity contribution < 1.29 is 9.53 Å². The van der Waals surface area contributed by atoms with Gasteiger partial charge in [0.1, 0.15) is 5.75 Å². The largest absolute Gasteiger partial charge is 0.423 e. The monoisotopic (exact) mass is 404 g/mol. The maximum absolute atomic E-state index is 12.5. The first-order valence-electron chi connectivity index (χ1n) is 11.8. The molecule has 0 saturated heterocycles. The van der Waals surface area contributed by atoms with Gasteiger partial charge in [0.25, 0.3) is 0 Å². The van der Waals surface area contributed by atoms with E-state index in [1.807, 2.05) is 24.3 Å². The molecule has 0 N–H and O–H groups in total. The van der Waals surface area contributed by atoms with Gasteiger partial charge in [-0.15, -0.1) is 0 Å². The van der Waals surface area contributed by atoms with Gasteiger partial charge in [0.15, 0.2) is 0 Å². The van der Waals surface area contributed by atoms with Gasteiger partial charge in [-0.2, -0.15) is 0 Å². The predicted octanol–water partition coefficient (Wildman–Crippen LogP) is 8.01. The van der Waals surface area contributed by atoms with E-state index in [1.165, 1.54) is 68.1 Å². The molecule has 0 bridgehead atoms.